The highest BCUT2D eigenvalue weighted by Crippen LogP contribution is 2.32. The van der Waals surface area contributed by atoms with Crippen molar-refractivity contribution in [3.05, 3.63) is 0 Å². The minimum absolute atomic E-state index is 0.0421. The Kier molecular flexibility index (Phi) is 5.41. The number of rotatable bonds is 5. The van der Waals surface area contributed by atoms with Crippen molar-refractivity contribution in [2.45, 2.75) is 57.5 Å². The maximum absolute atomic E-state index is 11.5. The summed E-state index contributed by atoms with van der Waals surface area (Å²) in [6.45, 7) is 4.06. The Hall–Kier alpha value is -0.650. The van der Waals surface area contributed by atoms with Crippen LogP contribution in [0.15, 0.2) is 0 Å². The minimum atomic E-state index is -0.626. The highest BCUT2D eigenvalue weighted by molar-refractivity contribution is 5.72. The lowest BCUT2D eigenvalue weighted by Gasteiger charge is -2.41. The summed E-state index contributed by atoms with van der Waals surface area (Å²) < 4.78 is 16.7. The molecule has 0 aromatic carbocycles. The van der Waals surface area contributed by atoms with Crippen LogP contribution in [-0.4, -0.2) is 50.2 Å². The van der Waals surface area contributed by atoms with Crippen molar-refractivity contribution < 1.29 is 19.0 Å². The van der Waals surface area contributed by atoms with E-state index in [2.05, 4.69) is 4.90 Å². The standard InChI is InChI=1S/C15H27NO4/c1-15(19-3,16-10-4-5-11-16)20-13-8-6-12(7-9-13)14(17)18-2/h12-13H,4-11H2,1-3H3/t12-,13-,15?. The zero-order chi connectivity index (χ0) is 14.6. The Morgan fingerprint density at radius 3 is 2.20 bits per heavy atom. The molecule has 116 valence electrons. The Morgan fingerprint density at radius 1 is 1.10 bits per heavy atom. The van der Waals surface area contributed by atoms with Gasteiger partial charge < -0.3 is 14.2 Å². The van der Waals surface area contributed by atoms with E-state index in [-0.39, 0.29) is 18.0 Å². The third-order valence-electron chi connectivity index (χ3n) is 4.65. The van der Waals surface area contributed by atoms with Crippen LogP contribution in [0.5, 0.6) is 0 Å². The van der Waals surface area contributed by atoms with Gasteiger partial charge in [0.25, 0.3) is 0 Å². The van der Waals surface area contributed by atoms with Gasteiger partial charge in [-0.3, -0.25) is 9.69 Å². The van der Waals surface area contributed by atoms with Crippen molar-refractivity contribution >= 4 is 5.97 Å². The van der Waals surface area contributed by atoms with Crippen LogP contribution in [0.3, 0.4) is 0 Å². The Balaban J connectivity index is 1.85. The molecule has 2 rings (SSSR count). The molecule has 1 unspecified atom stereocenters. The third-order valence-corrected chi connectivity index (χ3v) is 4.65. The smallest absolute Gasteiger partial charge is 0.308 e. The summed E-state index contributed by atoms with van der Waals surface area (Å²) in [5, 5.41) is 0. The van der Waals surface area contributed by atoms with Crippen LogP contribution in [0.2, 0.25) is 0 Å². The summed E-state index contributed by atoms with van der Waals surface area (Å²) in [4.78, 5) is 13.8. The van der Waals surface area contributed by atoms with Gasteiger partial charge in [0.05, 0.1) is 19.1 Å². The average molecular weight is 285 g/mol. The molecule has 5 heteroatoms. The highest BCUT2D eigenvalue weighted by atomic mass is 16.7. The molecular weight excluding hydrogens is 258 g/mol. The van der Waals surface area contributed by atoms with Crippen molar-refractivity contribution in [2.75, 3.05) is 27.3 Å². The van der Waals surface area contributed by atoms with Crippen LogP contribution < -0.4 is 0 Å². The van der Waals surface area contributed by atoms with E-state index >= 15 is 0 Å². The van der Waals surface area contributed by atoms with E-state index in [0.717, 1.165) is 38.8 Å². The molecule has 1 aliphatic heterocycles. The fourth-order valence-corrected chi connectivity index (χ4v) is 3.27. The Labute approximate surface area is 121 Å². The van der Waals surface area contributed by atoms with E-state index in [9.17, 15) is 4.79 Å². The van der Waals surface area contributed by atoms with Gasteiger partial charge in [-0.15, -0.1) is 0 Å². The second-order valence-corrected chi connectivity index (χ2v) is 5.91. The van der Waals surface area contributed by atoms with Gasteiger partial charge in [0, 0.05) is 27.1 Å². The molecule has 1 saturated carbocycles. The van der Waals surface area contributed by atoms with Gasteiger partial charge in [-0.1, -0.05) is 0 Å². The van der Waals surface area contributed by atoms with Gasteiger partial charge in [-0.2, -0.15) is 0 Å². The zero-order valence-corrected chi connectivity index (χ0v) is 12.9. The Bertz CT molecular complexity index is 322. The van der Waals surface area contributed by atoms with E-state index < -0.39 is 5.91 Å². The van der Waals surface area contributed by atoms with Gasteiger partial charge in [0.1, 0.15) is 0 Å². The van der Waals surface area contributed by atoms with Gasteiger partial charge >= 0.3 is 5.97 Å². The van der Waals surface area contributed by atoms with Crippen molar-refractivity contribution in [3.8, 4) is 0 Å². The summed E-state index contributed by atoms with van der Waals surface area (Å²) in [7, 11) is 3.17. The minimum Gasteiger partial charge on any atom is -0.469 e. The van der Waals surface area contributed by atoms with E-state index in [1.165, 1.54) is 20.0 Å². The van der Waals surface area contributed by atoms with Crippen molar-refractivity contribution in [1.82, 2.24) is 4.90 Å². The number of likely N-dealkylation sites (tertiary alicyclic amines) is 1. The second-order valence-electron chi connectivity index (χ2n) is 5.91. The monoisotopic (exact) mass is 285 g/mol. The molecule has 0 spiro atoms. The number of nitrogens with zero attached hydrogens (tertiary/aromatic N) is 1. The van der Waals surface area contributed by atoms with E-state index in [4.69, 9.17) is 14.2 Å². The molecule has 2 fully saturated rings. The third kappa shape index (κ3) is 3.51. The summed E-state index contributed by atoms with van der Waals surface area (Å²) >= 11 is 0. The molecule has 0 amide bonds. The molecule has 1 aliphatic carbocycles. The summed E-state index contributed by atoms with van der Waals surface area (Å²) in [6.07, 6.45) is 6.06. The molecule has 0 radical (unpaired) electrons. The molecular formula is C15H27NO4. The van der Waals surface area contributed by atoms with Crippen LogP contribution in [0.1, 0.15) is 45.4 Å². The second kappa shape index (κ2) is 6.87. The predicted octanol–water partition coefficient (Wildman–Crippen LogP) is 2.15. The number of hydrogen-bond acceptors (Lipinski definition) is 5. The van der Waals surface area contributed by atoms with Crippen LogP contribution >= 0.6 is 0 Å². The van der Waals surface area contributed by atoms with E-state index in [1.54, 1.807) is 7.11 Å². The van der Waals surface area contributed by atoms with Gasteiger partial charge in [0.2, 0.25) is 5.91 Å². The van der Waals surface area contributed by atoms with Crippen LogP contribution in [0.25, 0.3) is 0 Å². The molecule has 1 saturated heterocycles. The fraction of sp³-hybridized carbons (Fsp3) is 0.933. The molecule has 1 atom stereocenters. The topological polar surface area (TPSA) is 48.0 Å². The molecule has 1 heterocycles. The van der Waals surface area contributed by atoms with E-state index in [1.807, 2.05) is 6.92 Å². The first-order valence-electron chi connectivity index (χ1n) is 7.65. The summed E-state index contributed by atoms with van der Waals surface area (Å²) in [5.41, 5.74) is 0. The number of esters is 1. The summed E-state index contributed by atoms with van der Waals surface area (Å²) in [5.74, 6) is -0.669. The molecule has 0 aromatic heterocycles. The first-order chi connectivity index (χ1) is 9.59. The highest BCUT2D eigenvalue weighted by Gasteiger charge is 2.38. The molecule has 20 heavy (non-hydrogen) atoms. The van der Waals surface area contributed by atoms with Crippen molar-refractivity contribution in [3.63, 3.8) is 0 Å². The molecule has 2 aliphatic rings. The van der Waals surface area contributed by atoms with Crippen molar-refractivity contribution in [1.29, 1.82) is 0 Å². The van der Waals surface area contributed by atoms with Gasteiger partial charge in [0.15, 0.2) is 0 Å². The van der Waals surface area contributed by atoms with Gasteiger partial charge in [-0.05, 0) is 38.5 Å². The first kappa shape index (κ1) is 15.7. The molecule has 0 N–H and O–H groups in total. The first-order valence-corrected chi connectivity index (χ1v) is 7.65. The number of hydrogen-bond donors (Lipinski definition) is 0. The van der Waals surface area contributed by atoms with Crippen LogP contribution in [0.4, 0.5) is 0 Å². The number of carbonyl (C=O) groups is 1. The molecule has 0 aromatic rings. The lowest BCUT2D eigenvalue weighted by Crippen LogP contribution is -2.51. The fourth-order valence-electron chi connectivity index (χ4n) is 3.27. The van der Waals surface area contributed by atoms with Crippen molar-refractivity contribution in [2.24, 2.45) is 5.92 Å². The zero-order valence-electron chi connectivity index (χ0n) is 12.9. The average Bonchev–Trinajstić information content (AvgIpc) is 3.02. The molecule has 5 nitrogen and oxygen atoms in total. The lowest BCUT2D eigenvalue weighted by atomic mass is 9.87. The van der Waals surface area contributed by atoms with Crippen LogP contribution in [0, 0.1) is 5.92 Å². The quantitative estimate of drug-likeness (QED) is 0.572. The lowest BCUT2D eigenvalue weighted by molar-refractivity contribution is -0.312. The van der Waals surface area contributed by atoms with E-state index in [0.29, 0.717) is 0 Å². The Morgan fingerprint density at radius 2 is 1.70 bits per heavy atom. The number of ether oxygens (including phenoxy) is 3. The van der Waals surface area contributed by atoms with Gasteiger partial charge in [-0.25, -0.2) is 0 Å². The maximum atomic E-state index is 11.5. The maximum Gasteiger partial charge on any atom is 0.308 e. The SMILES string of the molecule is COC(=O)[C@H]1CC[C@H](OC(C)(OC)N2CCCC2)CC1. The largest absolute Gasteiger partial charge is 0.469 e. The number of carbonyl (C=O) groups excluding carboxylic acids is 1. The summed E-state index contributed by atoms with van der Waals surface area (Å²) in [6, 6.07) is 0. The molecule has 0 bridgehead atoms. The number of methoxy groups -OCH3 is 2. The predicted molar refractivity (Wildman–Crippen MR) is 75.1 cm³/mol. The van der Waals surface area contributed by atoms with Crippen LogP contribution in [-0.2, 0) is 19.0 Å². The normalized spacial score (nSPS) is 30.9.